The summed E-state index contributed by atoms with van der Waals surface area (Å²) in [4.78, 5) is 29.6. The van der Waals surface area contributed by atoms with Crippen LogP contribution < -0.4 is 0 Å². The molecule has 5 rings (SSSR count). The number of hydrogen-bond acceptors (Lipinski definition) is 4. The van der Waals surface area contributed by atoms with Gasteiger partial charge in [-0.25, -0.2) is 0 Å². The zero-order valence-corrected chi connectivity index (χ0v) is 17.0. The summed E-state index contributed by atoms with van der Waals surface area (Å²) < 4.78 is 2.00. The highest BCUT2D eigenvalue weighted by Crippen LogP contribution is 2.46. The molecule has 0 unspecified atom stereocenters. The number of amides is 2. The monoisotopic (exact) mass is 393 g/mol. The first-order chi connectivity index (χ1) is 14.0. The first-order valence-corrected chi connectivity index (χ1v) is 10.6. The number of nitrogens with zero attached hydrogens (tertiary/aromatic N) is 5. The second-order valence-electron chi connectivity index (χ2n) is 8.66. The molecular formula is C22H27N5O2. The Morgan fingerprint density at radius 2 is 1.90 bits per heavy atom. The average molecular weight is 393 g/mol. The van der Waals surface area contributed by atoms with Crippen molar-refractivity contribution in [3.05, 3.63) is 47.0 Å². The molecule has 0 saturated carbocycles. The predicted molar refractivity (Wildman–Crippen MR) is 107 cm³/mol. The normalized spacial score (nSPS) is 25.8. The second kappa shape index (κ2) is 6.97. The lowest BCUT2D eigenvalue weighted by Gasteiger charge is -2.30. The number of benzene rings is 1. The van der Waals surface area contributed by atoms with Crippen molar-refractivity contribution in [2.45, 2.75) is 45.7 Å². The lowest BCUT2D eigenvalue weighted by Crippen LogP contribution is -2.37. The quantitative estimate of drug-likeness (QED) is 0.784. The molecule has 7 nitrogen and oxygen atoms in total. The molecule has 7 heteroatoms. The molecule has 2 aromatic rings. The highest BCUT2D eigenvalue weighted by molar-refractivity contribution is 5.91. The topological polar surface area (TPSA) is 71.3 Å². The maximum Gasteiger partial charge on any atom is 0.291 e. The first-order valence-electron chi connectivity index (χ1n) is 10.6. The number of hydrogen-bond donors (Lipinski definition) is 0. The number of likely N-dealkylation sites (tertiary alicyclic amines) is 2. The zero-order chi connectivity index (χ0) is 20.1. The molecule has 0 radical (unpaired) electrons. The van der Waals surface area contributed by atoms with Gasteiger partial charge in [0.15, 0.2) is 0 Å². The fourth-order valence-corrected chi connectivity index (χ4v) is 5.46. The predicted octanol–water partition coefficient (Wildman–Crippen LogP) is 2.21. The molecule has 3 atom stereocenters. The molecular weight excluding hydrogens is 366 g/mol. The average Bonchev–Trinajstić information content (AvgIpc) is 3.40. The lowest BCUT2D eigenvalue weighted by molar-refractivity contribution is -0.130. The third kappa shape index (κ3) is 2.94. The van der Waals surface area contributed by atoms with E-state index in [-0.39, 0.29) is 23.8 Å². The molecule has 152 valence electrons. The van der Waals surface area contributed by atoms with Crippen molar-refractivity contribution in [2.24, 2.45) is 11.8 Å². The minimum absolute atomic E-state index is 0.0158. The Kier molecular flexibility index (Phi) is 4.41. The lowest BCUT2D eigenvalue weighted by atomic mass is 9.87. The summed E-state index contributed by atoms with van der Waals surface area (Å²) in [5.41, 5.74) is 2.39. The van der Waals surface area contributed by atoms with Crippen molar-refractivity contribution < 1.29 is 9.59 Å². The molecule has 2 fully saturated rings. The van der Waals surface area contributed by atoms with E-state index in [4.69, 9.17) is 0 Å². The molecule has 1 aromatic carbocycles. The van der Waals surface area contributed by atoms with E-state index in [0.717, 1.165) is 31.6 Å². The van der Waals surface area contributed by atoms with Crippen LogP contribution in [0.3, 0.4) is 0 Å². The van der Waals surface area contributed by atoms with E-state index >= 15 is 0 Å². The van der Waals surface area contributed by atoms with Gasteiger partial charge in [-0.1, -0.05) is 24.3 Å². The van der Waals surface area contributed by atoms with Gasteiger partial charge in [-0.05, 0) is 30.9 Å². The van der Waals surface area contributed by atoms with Crippen LogP contribution in [0.15, 0.2) is 24.3 Å². The van der Waals surface area contributed by atoms with Gasteiger partial charge in [-0.3, -0.25) is 9.59 Å². The number of carbonyl (C=O) groups excluding carboxylic acids is 2. The minimum Gasteiger partial charge on any atom is -0.335 e. The van der Waals surface area contributed by atoms with Gasteiger partial charge in [0.1, 0.15) is 5.82 Å². The number of aryl methyl sites for hydroxylation is 2. The molecule has 0 bridgehead atoms. The van der Waals surface area contributed by atoms with Crippen LogP contribution in [-0.2, 0) is 17.8 Å². The summed E-state index contributed by atoms with van der Waals surface area (Å²) in [7, 11) is 0. The summed E-state index contributed by atoms with van der Waals surface area (Å²) >= 11 is 0. The summed E-state index contributed by atoms with van der Waals surface area (Å²) in [5.74, 6) is 2.06. The van der Waals surface area contributed by atoms with Crippen LogP contribution >= 0.6 is 0 Å². The Morgan fingerprint density at radius 1 is 1.07 bits per heavy atom. The molecule has 0 spiro atoms. The molecule has 2 amide bonds. The highest BCUT2D eigenvalue weighted by atomic mass is 16.2. The number of carbonyl (C=O) groups is 2. The third-order valence-corrected chi connectivity index (χ3v) is 6.91. The van der Waals surface area contributed by atoms with E-state index in [1.165, 1.54) is 11.1 Å². The van der Waals surface area contributed by atoms with Gasteiger partial charge in [0.05, 0.1) is 6.04 Å². The van der Waals surface area contributed by atoms with E-state index in [1.54, 1.807) is 6.92 Å². The van der Waals surface area contributed by atoms with E-state index < -0.39 is 0 Å². The van der Waals surface area contributed by atoms with E-state index in [9.17, 15) is 9.59 Å². The van der Waals surface area contributed by atoms with Gasteiger partial charge in [0.25, 0.3) is 5.91 Å². The first kappa shape index (κ1) is 18.3. The van der Waals surface area contributed by atoms with Crippen molar-refractivity contribution in [1.29, 1.82) is 0 Å². The molecule has 0 aliphatic carbocycles. The van der Waals surface area contributed by atoms with Gasteiger partial charge in [-0.15, -0.1) is 10.2 Å². The van der Waals surface area contributed by atoms with Gasteiger partial charge in [-0.2, -0.15) is 0 Å². The minimum atomic E-state index is -0.0158. The summed E-state index contributed by atoms with van der Waals surface area (Å²) in [6.45, 7) is 6.63. The van der Waals surface area contributed by atoms with E-state index in [2.05, 4.69) is 29.3 Å². The Bertz CT molecular complexity index is 968. The van der Waals surface area contributed by atoms with Crippen molar-refractivity contribution in [3.63, 3.8) is 0 Å². The van der Waals surface area contributed by atoms with Crippen LogP contribution in [0.5, 0.6) is 0 Å². The fourth-order valence-electron chi connectivity index (χ4n) is 5.46. The van der Waals surface area contributed by atoms with Crippen molar-refractivity contribution in [3.8, 4) is 0 Å². The highest BCUT2D eigenvalue weighted by Gasteiger charge is 2.50. The Hall–Kier alpha value is -2.70. The summed E-state index contributed by atoms with van der Waals surface area (Å²) in [5, 5.41) is 8.47. The van der Waals surface area contributed by atoms with Crippen LogP contribution in [0.2, 0.25) is 0 Å². The van der Waals surface area contributed by atoms with Crippen LogP contribution in [0, 0.1) is 18.8 Å². The van der Waals surface area contributed by atoms with Gasteiger partial charge in [0, 0.05) is 51.4 Å². The van der Waals surface area contributed by atoms with Gasteiger partial charge in [0.2, 0.25) is 11.7 Å². The zero-order valence-electron chi connectivity index (χ0n) is 17.0. The Balaban J connectivity index is 1.42. The Morgan fingerprint density at radius 3 is 2.69 bits per heavy atom. The standard InChI is InChI=1S/C22H27N5O2/c1-14-7-3-4-8-17(14)20-18-13-25(11-16(18)12-27(20)15(2)28)22(29)21-24-23-19-9-5-6-10-26(19)21/h3-4,7-8,16,18,20H,5-6,9-13H2,1-2H3/t16-,18-,20+/m1/s1. The van der Waals surface area contributed by atoms with Crippen LogP contribution in [0.4, 0.5) is 0 Å². The summed E-state index contributed by atoms with van der Waals surface area (Å²) in [6, 6.07) is 8.32. The van der Waals surface area contributed by atoms with Crippen molar-refractivity contribution >= 4 is 11.8 Å². The number of rotatable bonds is 2. The van der Waals surface area contributed by atoms with Gasteiger partial charge >= 0.3 is 0 Å². The fraction of sp³-hybridized carbons (Fsp3) is 0.545. The van der Waals surface area contributed by atoms with E-state index in [1.807, 2.05) is 26.5 Å². The number of aromatic nitrogens is 3. The summed E-state index contributed by atoms with van der Waals surface area (Å²) in [6.07, 6.45) is 3.08. The molecule has 2 saturated heterocycles. The SMILES string of the molecule is CC(=O)N1C[C@H]2CN(C(=O)c3nnc4n3CCCC4)C[C@H]2[C@@H]1c1ccccc1C. The van der Waals surface area contributed by atoms with Crippen LogP contribution in [0.25, 0.3) is 0 Å². The maximum absolute atomic E-state index is 13.3. The molecule has 0 N–H and O–H groups in total. The largest absolute Gasteiger partial charge is 0.335 e. The number of fused-ring (bicyclic) bond motifs is 2. The van der Waals surface area contributed by atoms with Crippen LogP contribution in [-0.4, -0.2) is 56.0 Å². The Labute approximate surface area is 170 Å². The molecule has 4 heterocycles. The molecule has 1 aromatic heterocycles. The molecule has 29 heavy (non-hydrogen) atoms. The van der Waals surface area contributed by atoms with Crippen molar-refractivity contribution in [1.82, 2.24) is 24.6 Å². The van der Waals surface area contributed by atoms with E-state index in [0.29, 0.717) is 31.4 Å². The molecule has 3 aliphatic heterocycles. The van der Waals surface area contributed by atoms with Gasteiger partial charge < -0.3 is 14.4 Å². The molecule has 3 aliphatic rings. The second-order valence-corrected chi connectivity index (χ2v) is 8.66. The smallest absolute Gasteiger partial charge is 0.291 e. The van der Waals surface area contributed by atoms with Crippen molar-refractivity contribution in [2.75, 3.05) is 19.6 Å². The maximum atomic E-state index is 13.3. The van der Waals surface area contributed by atoms with Crippen LogP contribution in [0.1, 0.15) is 53.4 Å². The third-order valence-electron chi connectivity index (χ3n) is 6.91.